The van der Waals surface area contributed by atoms with E-state index in [-0.39, 0.29) is 5.97 Å². The third-order valence-corrected chi connectivity index (χ3v) is 5.70. The second kappa shape index (κ2) is 20.0. The predicted octanol–water partition coefficient (Wildman–Crippen LogP) is 8.42. The molecule has 0 amide bonds. The maximum atomic E-state index is 11.8. The Labute approximate surface area is 180 Å². The van der Waals surface area contributed by atoms with Crippen LogP contribution in [0.15, 0.2) is 30.3 Å². The molecule has 0 atom stereocenters. The Bertz CT molecular complexity index is 469. The first-order valence-electron chi connectivity index (χ1n) is 12.5. The molecule has 166 valence electrons. The molecule has 0 unspecified atom stereocenters. The molecule has 1 aromatic rings. The van der Waals surface area contributed by atoms with Crippen LogP contribution in [0.4, 0.5) is 0 Å². The summed E-state index contributed by atoms with van der Waals surface area (Å²) in [5.74, 6) is -0.0206. The fourth-order valence-corrected chi connectivity index (χ4v) is 3.80. The molecule has 0 N–H and O–H groups in total. The monoisotopic (exact) mass is 402 g/mol. The van der Waals surface area contributed by atoms with Crippen molar-refractivity contribution in [2.75, 3.05) is 6.61 Å². The molecule has 0 aliphatic carbocycles. The molecule has 29 heavy (non-hydrogen) atoms. The fraction of sp³-hybridized carbons (Fsp3) is 0.741. The number of ether oxygens (including phenoxy) is 1. The number of benzene rings is 1. The SMILES string of the molecule is CCCCCCCCCCCCCCCCOC(=O)CCCCc1ccccc1. The van der Waals surface area contributed by atoms with E-state index in [0.717, 1.165) is 25.7 Å². The lowest BCUT2D eigenvalue weighted by Gasteiger charge is -2.06. The van der Waals surface area contributed by atoms with E-state index in [0.29, 0.717) is 13.0 Å². The zero-order valence-corrected chi connectivity index (χ0v) is 19.1. The molecular formula is C27H46O2. The molecule has 2 heteroatoms. The summed E-state index contributed by atoms with van der Waals surface area (Å²) in [5.41, 5.74) is 1.35. The third-order valence-electron chi connectivity index (χ3n) is 5.70. The van der Waals surface area contributed by atoms with Crippen LogP contribution in [0.3, 0.4) is 0 Å². The average Bonchev–Trinajstić information content (AvgIpc) is 2.75. The minimum Gasteiger partial charge on any atom is -0.466 e. The highest BCUT2D eigenvalue weighted by Crippen LogP contribution is 2.13. The molecule has 1 aromatic carbocycles. The van der Waals surface area contributed by atoms with Gasteiger partial charge >= 0.3 is 5.97 Å². The number of carbonyl (C=O) groups excluding carboxylic acids is 1. The molecular weight excluding hydrogens is 356 g/mol. The highest BCUT2D eigenvalue weighted by Gasteiger charge is 2.03. The van der Waals surface area contributed by atoms with Gasteiger partial charge in [-0.1, -0.05) is 121 Å². The Balaban J connectivity index is 1.75. The van der Waals surface area contributed by atoms with Crippen molar-refractivity contribution in [1.82, 2.24) is 0 Å². The molecule has 0 saturated carbocycles. The van der Waals surface area contributed by atoms with Crippen molar-refractivity contribution in [3.8, 4) is 0 Å². The lowest BCUT2D eigenvalue weighted by molar-refractivity contribution is -0.143. The lowest BCUT2D eigenvalue weighted by Crippen LogP contribution is -2.05. The number of esters is 1. The Kier molecular flexibility index (Phi) is 17.7. The van der Waals surface area contributed by atoms with Crippen LogP contribution in [0, 0.1) is 0 Å². The topological polar surface area (TPSA) is 26.3 Å². The van der Waals surface area contributed by atoms with Crippen molar-refractivity contribution in [2.45, 2.75) is 122 Å². The van der Waals surface area contributed by atoms with Gasteiger partial charge in [0.1, 0.15) is 0 Å². The van der Waals surface area contributed by atoms with Crippen molar-refractivity contribution in [3.05, 3.63) is 35.9 Å². The van der Waals surface area contributed by atoms with Crippen LogP contribution in [0.25, 0.3) is 0 Å². The van der Waals surface area contributed by atoms with E-state index in [1.807, 2.05) is 6.07 Å². The molecule has 0 saturated heterocycles. The van der Waals surface area contributed by atoms with Gasteiger partial charge in [-0.05, 0) is 31.2 Å². The summed E-state index contributed by atoms with van der Waals surface area (Å²) in [7, 11) is 0. The number of hydrogen-bond donors (Lipinski definition) is 0. The summed E-state index contributed by atoms with van der Waals surface area (Å²) in [6.07, 6.45) is 22.5. The molecule has 1 rings (SSSR count). The quantitative estimate of drug-likeness (QED) is 0.161. The fourth-order valence-electron chi connectivity index (χ4n) is 3.80. The van der Waals surface area contributed by atoms with E-state index in [1.54, 1.807) is 0 Å². The normalized spacial score (nSPS) is 10.9. The number of rotatable bonds is 20. The summed E-state index contributed by atoms with van der Waals surface area (Å²) in [6.45, 7) is 2.89. The van der Waals surface area contributed by atoms with Crippen LogP contribution in [0.1, 0.15) is 122 Å². The van der Waals surface area contributed by atoms with Gasteiger partial charge in [-0.15, -0.1) is 0 Å². The number of carbonyl (C=O) groups is 1. The average molecular weight is 403 g/mol. The minimum atomic E-state index is -0.0206. The molecule has 0 heterocycles. The second-order valence-electron chi connectivity index (χ2n) is 8.51. The second-order valence-corrected chi connectivity index (χ2v) is 8.51. The molecule has 0 fully saturated rings. The first-order valence-corrected chi connectivity index (χ1v) is 12.5. The minimum absolute atomic E-state index is 0.0206. The van der Waals surface area contributed by atoms with E-state index in [4.69, 9.17) is 4.74 Å². The summed E-state index contributed by atoms with van der Waals surface area (Å²) in [4.78, 5) is 11.8. The first-order chi connectivity index (χ1) is 14.3. The maximum absolute atomic E-state index is 11.8. The molecule has 0 aliphatic heterocycles. The standard InChI is InChI=1S/C27H46O2/c1-2-3-4-5-6-7-8-9-10-11-12-13-14-20-25-29-27(28)24-19-18-23-26-21-16-15-17-22-26/h15-17,21-22H,2-14,18-20,23-25H2,1H3. The van der Waals surface area contributed by atoms with Gasteiger partial charge in [-0.25, -0.2) is 0 Å². The summed E-state index contributed by atoms with van der Waals surface area (Å²) in [5, 5.41) is 0. The molecule has 0 spiro atoms. The van der Waals surface area contributed by atoms with Gasteiger partial charge in [-0.2, -0.15) is 0 Å². The molecule has 0 aliphatic rings. The maximum Gasteiger partial charge on any atom is 0.305 e. The molecule has 2 nitrogen and oxygen atoms in total. The van der Waals surface area contributed by atoms with Crippen LogP contribution in [-0.2, 0) is 16.0 Å². The molecule has 0 aromatic heterocycles. The summed E-state index contributed by atoms with van der Waals surface area (Å²) >= 11 is 0. The zero-order chi connectivity index (χ0) is 20.8. The Hall–Kier alpha value is -1.31. The molecule has 0 bridgehead atoms. The number of unbranched alkanes of at least 4 members (excludes halogenated alkanes) is 14. The van der Waals surface area contributed by atoms with Crippen LogP contribution in [0.2, 0.25) is 0 Å². The van der Waals surface area contributed by atoms with Crippen molar-refractivity contribution >= 4 is 5.97 Å². The van der Waals surface area contributed by atoms with Crippen molar-refractivity contribution in [3.63, 3.8) is 0 Å². The van der Waals surface area contributed by atoms with Gasteiger partial charge in [0.2, 0.25) is 0 Å². The summed E-state index contributed by atoms with van der Waals surface area (Å²) < 4.78 is 5.36. The van der Waals surface area contributed by atoms with Crippen molar-refractivity contribution < 1.29 is 9.53 Å². The van der Waals surface area contributed by atoms with E-state index in [1.165, 1.54) is 89.0 Å². The van der Waals surface area contributed by atoms with E-state index in [2.05, 4.69) is 31.2 Å². The smallest absolute Gasteiger partial charge is 0.305 e. The Morgan fingerprint density at radius 1 is 0.655 bits per heavy atom. The Morgan fingerprint density at radius 2 is 1.17 bits per heavy atom. The van der Waals surface area contributed by atoms with Gasteiger partial charge in [-0.3, -0.25) is 4.79 Å². The highest BCUT2D eigenvalue weighted by molar-refractivity contribution is 5.69. The van der Waals surface area contributed by atoms with Gasteiger partial charge in [0.05, 0.1) is 6.61 Å². The van der Waals surface area contributed by atoms with Gasteiger partial charge in [0.15, 0.2) is 0 Å². The number of hydrogen-bond acceptors (Lipinski definition) is 2. The summed E-state index contributed by atoms with van der Waals surface area (Å²) in [6, 6.07) is 10.5. The lowest BCUT2D eigenvalue weighted by atomic mass is 10.0. The number of aryl methyl sites for hydroxylation is 1. The van der Waals surface area contributed by atoms with Crippen LogP contribution >= 0.6 is 0 Å². The highest BCUT2D eigenvalue weighted by atomic mass is 16.5. The van der Waals surface area contributed by atoms with Crippen molar-refractivity contribution in [2.24, 2.45) is 0 Å². The van der Waals surface area contributed by atoms with Gasteiger partial charge in [0, 0.05) is 6.42 Å². The zero-order valence-electron chi connectivity index (χ0n) is 19.1. The van der Waals surface area contributed by atoms with Gasteiger partial charge in [0.25, 0.3) is 0 Å². The van der Waals surface area contributed by atoms with E-state index in [9.17, 15) is 4.79 Å². The predicted molar refractivity (Wildman–Crippen MR) is 125 cm³/mol. The Morgan fingerprint density at radius 3 is 1.72 bits per heavy atom. The van der Waals surface area contributed by atoms with E-state index >= 15 is 0 Å². The first kappa shape index (κ1) is 25.7. The van der Waals surface area contributed by atoms with Crippen LogP contribution < -0.4 is 0 Å². The van der Waals surface area contributed by atoms with Crippen LogP contribution in [0.5, 0.6) is 0 Å². The largest absolute Gasteiger partial charge is 0.466 e. The van der Waals surface area contributed by atoms with Crippen LogP contribution in [-0.4, -0.2) is 12.6 Å². The van der Waals surface area contributed by atoms with Crippen molar-refractivity contribution in [1.29, 1.82) is 0 Å². The third kappa shape index (κ3) is 17.3. The van der Waals surface area contributed by atoms with E-state index < -0.39 is 0 Å². The molecule has 0 radical (unpaired) electrons. The van der Waals surface area contributed by atoms with Gasteiger partial charge < -0.3 is 4.74 Å².